The van der Waals surface area contributed by atoms with Gasteiger partial charge < -0.3 is 4.74 Å². The lowest BCUT2D eigenvalue weighted by Gasteiger charge is -2.10. The fraction of sp³-hybridized carbons (Fsp3) is 0.250. The monoisotopic (exact) mass is 306 g/mol. The Balaban J connectivity index is 2.16. The van der Waals surface area contributed by atoms with E-state index in [1.165, 1.54) is 19.5 Å². The van der Waals surface area contributed by atoms with Crippen LogP contribution < -0.4 is 0 Å². The van der Waals surface area contributed by atoms with Gasteiger partial charge in [0.25, 0.3) is 0 Å². The molecule has 0 aliphatic carbocycles. The quantitative estimate of drug-likeness (QED) is 0.679. The molecule has 0 N–H and O–H groups in total. The number of aromatic nitrogens is 6. The number of nitrogens with zero attached hydrogens (tertiary/aromatic N) is 6. The highest BCUT2D eigenvalue weighted by atomic mass is 35.5. The third-order valence-corrected chi connectivity index (χ3v) is 3.39. The molecule has 0 saturated carbocycles. The Labute approximate surface area is 124 Å². The third kappa shape index (κ3) is 2.23. The predicted molar refractivity (Wildman–Crippen MR) is 73.2 cm³/mol. The maximum Gasteiger partial charge on any atom is 0.339 e. The molecule has 0 aliphatic rings. The van der Waals surface area contributed by atoms with Crippen LogP contribution in [-0.4, -0.2) is 42.4 Å². The summed E-state index contributed by atoms with van der Waals surface area (Å²) in [6.07, 6.45) is 4.61. The Bertz CT molecular complexity index is 798. The fourth-order valence-corrected chi connectivity index (χ4v) is 2.27. The lowest BCUT2D eigenvalue weighted by molar-refractivity contribution is 0.0600. The number of carbonyl (C=O) groups excluding carboxylic acids is 1. The van der Waals surface area contributed by atoms with Crippen molar-refractivity contribution in [2.45, 2.75) is 13.0 Å². The number of rotatable bonds is 3. The summed E-state index contributed by atoms with van der Waals surface area (Å²) in [5.74, 6) is 0.106. The second-order valence-corrected chi connectivity index (χ2v) is 4.78. The van der Waals surface area contributed by atoms with Gasteiger partial charge in [0.2, 0.25) is 0 Å². The van der Waals surface area contributed by atoms with Crippen LogP contribution in [-0.2, 0) is 4.74 Å². The molecule has 21 heavy (non-hydrogen) atoms. The molecule has 3 rings (SSSR count). The Hall–Kier alpha value is -2.48. The van der Waals surface area contributed by atoms with Crippen LogP contribution in [0.5, 0.6) is 0 Å². The summed E-state index contributed by atoms with van der Waals surface area (Å²) in [5.41, 5.74) is 0.785. The van der Waals surface area contributed by atoms with Crippen LogP contribution in [0.3, 0.4) is 0 Å². The minimum absolute atomic E-state index is 0.216. The van der Waals surface area contributed by atoms with E-state index in [-0.39, 0.29) is 6.04 Å². The number of methoxy groups -OCH3 is 1. The van der Waals surface area contributed by atoms with E-state index in [0.717, 1.165) is 0 Å². The molecule has 1 atom stereocenters. The molecule has 8 nitrogen and oxygen atoms in total. The predicted octanol–water partition coefficient (Wildman–Crippen LogP) is 1.37. The molecule has 108 valence electrons. The lowest BCUT2D eigenvalue weighted by atomic mass is 10.2. The van der Waals surface area contributed by atoms with Crippen molar-refractivity contribution in [3.8, 4) is 0 Å². The highest BCUT2D eigenvalue weighted by Gasteiger charge is 2.19. The van der Waals surface area contributed by atoms with E-state index < -0.39 is 5.97 Å². The van der Waals surface area contributed by atoms with Gasteiger partial charge in [0.15, 0.2) is 11.5 Å². The highest BCUT2D eigenvalue weighted by molar-refractivity contribution is 6.33. The van der Waals surface area contributed by atoms with Gasteiger partial charge in [-0.25, -0.2) is 14.5 Å². The van der Waals surface area contributed by atoms with Gasteiger partial charge in [-0.05, 0) is 13.0 Å². The van der Waals surface area contributed by atoms with Crippen LogP contribution in [0.1, 0.15) is 29.1 Å². The van der Waals surface area contributed by atoms with Crippen LogP contribution in [0.15, 0.2) is 24.9 Å². The Morgan fingerprint density at radius 2 is 2.24 bits per heavy atom. The topological polar surface area (TPSA) is 87.2 Å². The van der Waals surface area contributed by atoms with E-state index in [1.807, 2.05) is 6.92 Å². The van der Waals surface area contributed by atoms with Gasteiger partial charge in [0.1, 0.15) is 18.7 Å². The first-order valence-corrected chi connectivity index (χ1v) is 6.46. The van der Waals surface area contributed by atoms with Crippen molar-refractivity contribution >= 4 is 23.2 Å². The molecule has 0 aromatic carbocycles. The van der Waals surface area contributed by atoms with Crippen LogP contribution >= 0.6 is 11.6 Å². The second kappa shape index (κ2) is 5.13. The van der Waals surface area contributed by atoms with Gasteiger partial charge in [-0.3, -0.25) is 4.40 Å². The highest BCUT2D eigenvalue weighted by Crippen LogP contribution is 2.22. The summed E-state index contributed by atoms with van der Waals surface area (Å²) in [5, 5.41) is 12.6. The van der Waals surface area contributed by atoms with Crippen molar-refractivity contribution in [2.75, 3.05) is 7.11 Å². The molecule has 0 aliphatic heterocycles. The molecule has 9 heteroatoms. The summed E-state index contributed by atoms with van der Waals surface area (Å²) in [6.45, 7) is 1.89. The van der Waals surface area contributed by atoms with E-state index in [2.05, 4.69) is 20.3 Å². The Kier molecular flexibility index (Phi) is 3.30. The van der Waals surface area contributed by atoms with Crippen molar-refractivity contribution in [1.82, 2.24) is 29.4 Å². The molecule has 0 amide bonds. The van der Waals surface area contributed by atoms with Gasteiger partial charge in [-0.2, -0.15) is 5.10 Å². The third-order valence-electron chi connectivity index (χ3n) is 3.11. The first kappa shape index (κ1) is 13.5. The van der Waals surface area contributed by atoms with Crippen LogP contribution in [0.4, 0.5) is 0 Å². The molecule has 0 fully saturated rings. The number of hydrogen-bond donors (Lipinski definition) is 0. The van der Waals surface area contributed by atoms with Crippen molar-refractivity contribution in [3.05, 3.63) is 41.3 Å². The number of carbonyl (C=O) groups is 1. The van der Waals surface area contributed by atoms with E-state index >= 15 is 0 Å². The zero-order valence-corrected chi connectivity index (χ0v) is 12.0. The van der Waals surface area contributed by atoms with Gasteiger partial charge in [0.05, 0.1) is 17.7 Å². The first-order chi connectivity index (χ1) is 10.1. The number of hydrogen-bond acceptors (Lipinski definition) is 6. The van der Waals surface area contributed by atoms with Gasteiger partial charge in [-0.15, -0.1) is 10.2 Å². The Morgan fingerprint density at radius 1 is 1.43 bits per heavy atom. The van der Waals surface area contributed by atoms with Crippen molar-refractivity contribution in [3.63, 3.8) is 0 Å². The summed E-state index contributed by atoms with van der Waals surface area (Å²) >= 11 is 6.14. The zero-order chi connectivity index (χ0) is 15.0. The van der Waals surface area contributed by atoms with Gasteiger partial charge >= 0.3 is 5.97 Å². The molecule has 1 unspecified atom stereocenters. The molecule has 3 heterocycles. The maximum atomic E-state index is 11.7. The van der Waals surface area contributed by atoms with Gasteiger partial charge in [0, 0.05) is 6.20 Å². The maximum absolute atomic E-state index is 11.7. The van der Waals surface area contributed by atoms with E-state index in [9.17, 15) is 4.79 Å². The molecular formula is C12H11ClN6O2. The molecule has 0 spiro atoms. The molecule has 0 bridgehead atoms. The molecule has 0 radical (unpaired) electrons. The largest absolute Gasteiger partial charge is 0.465 e. The van der Waals surface area contributed by atoms with E-state index in [0.29, 0.717) is 22.1 Å². The second-order valence-electron chi connectivity index (χ2n) is 4.37. The van der Waals surface area contributed by atoms with Crippen LogP contribution in [0.2, 0.25) is 5.02 Å². The average Bonchev–Trinajstić information content (AvgIpc) is 3.15. The van der Waals surface area contributed by atoms with E-state index in [4.69, 9.17) is 16.3 Å². The van der Waals surface area contributed by atoms with Crippen molar-refractivity contribution in [2.24, 2.45) is 0 Å². The van der Waals surface area contributed by atoms with E-state index in [1.54, 1.807) is 21.6 Å². The summed E-state index contributed by atoms with van der Waals surface area (Å²) in [7, 11) is 1.31. The zero-order valence-electron chi connectivity index (χ0n) is 11.3. The van der Waals surface area contributed by atoms with Crippen molar-refractivity contribution < 1.29 is 9.53 Å². The number of ether oxygens (including phenoxy) is 1. The molecule has 3 aromatic heterocycles. The SMILES string of the molecule is COC(=O)c1cc(Cl)c2nnc(C(C)n3cncn3)n2c1. The molecule has 0 saturated heterocycles. The molecular weight excluding hydrogens is 296 g/mol. The number of pyridine rings is 1. The standard InChI is InChI=1S/C12H11ClN6O2/c1-7(19-6-14-5-15-19)10-16-17-11-9(13)3-8(4-18(10)11)12(20)21-2/h3-7H,1-2H3. The first-order valence-electron chi connectivity index (χ1n) is 6.08. The number of fused-ring (bicyclic) bond motifs is 1. The van der Waals surface area contributed by atoms with Crippen LogP contribution in [0, 0.1) is 0 Å². The fourth-order valence-electron chi connectivity index (χ4n) is 2.02. The van der Waals surface area contributed by atoms with Gasteiger partial charge in [-0.1, -0.05) is 11.6 Å². The summed E-state index contributed by atoms with van der Waals surface area (Å²) in [4.78, 5) is 15.6. The lowest BCUT2D eigenvalue weighted by Crippen LogP contribution is -2.12. The van der Waals surface area contributed by atoms with Crippen molar-refractivity contribution in [1.29, 1.82) is 0 Å². The minimum Gasteiger partial charge on any atom is -0.465 e. The number of esters is 1. The van der Waals surface area contributed by atoms with Crippen LogP contribution in [0.25, 0.3) is 5.65 Å². The number of halogens is 1. The molecule has 3 aromatic rings. The average molecular weight is 307 g/mol. The smallest absolute Gasteiger partial charge is 0.339 e. The Morgan fingerprint density at radius 3 is 2.90 bits per heavy atom. The normalized spacial score (nSPS) is 12.5. The summed E-state index contributed by atoms with van der Waals surface area (Å²) in [6, 6.07) is 1.29. The summed E-state index contributed by atoms with van der Waals surface area (Å²) < 4.78 is 8.00. The minimum atomic E-state index is -0.480.